The van der Waals surface area contributed by atoms with Crippen molar-refractivity contribution in [3.63, 3.8) is 0 Å². The molecule has 2 rings (SSSR count). The van der Waals surface area contributed by atoms with E-state index in [1.165, 1.54) is 24.3 Å². The summed E-state index contributed by atoms with van der Waals surface area (Å²) in [6, 6.07) is 6.46. The molecule has 1 aromatic heterocycles. The zero-order valence-corrected chi connectivity index (χ0v) is 16.5. The van der Waals surface area contributed by atoms with Gasteiger partial charge in [-0.2, -0.15) is 0 Å². The minimum absolute atomic E-state index is 0.0224. The number of sulfone groups is 2. The third kappa shape index (κ3) is 4.60. The molecule has 0 spiro atoms. The lowest BCUT2D eigenvalue weighted by Gasteiger charge is -2.22. The molecule has 0 amide bonds. The quantitative estimate of drug-likeness (QED) is 0.732. The molecule has 2 aromatic rings. The van der Waals surface area contributed by atoms with Crippen LogP contribution in [0.1, 0.15) is 20.8 Å². The highest BCUT2D eigenvalue weighted by atomic mass is 32.2. The molecule has 0 aliphatic heterocycles. The van der Waals surface area contributed by atoms with Crippen LogP contribution in [0, 0.1) is 6.57 Å². The fourth-order valence-electron chi connectivity index (χ4n) is 1.96. The average Bonchev–Trinajstić information content (AvgIpc) is 2.93. The predicted octanol–water partition coefficient (Wildman–Crippen LogP) is 3.71. The minimum Gasteiger partial charge on any atom is -0.488 e. The summed E-state index contributed by atoms with van der Waals surface area (Å²) in [5, 5.41) is 0.240. The highest BCUT2D eigenvalue weighted by Gasteiger charge is 2.24. The van der Waals surface area contributed by atoms with Crippen molar-refractivity contribution >= 4 is 36.0 Å². The Labute approximate surface area is 151 Å². The highest BCUT2D eigenvalue weighted by molar-refractivity contribution is 7.93. The summed E-state index contributed by atoms with van der Waals surface area (Å²) in [6.07, 6.45) is 1.00. The van der Waals surface area contributed by atoms with Crippen LogP contribution in [0.3, 0.4) is 0 Å². The van der Waals surface area contributed by atoms with Gasteiger partial charge in [0.15, 0.2) is 9.84 Å². The van der Waals surface area contributed by atoms with E-state index in [9.17, 15) is 16.8 Å². The smallest absolute Gasteiger partial charge is 0.242 e. The van der Waals surface area contributed by atoms with Gasteiger partial charge in [0.05, 0.1) is 16.4 Å². The summed E-state index contributed by atoms with van der Waals surface area (Å²) in [5.74, 6) is 0.149. The average molecular weight is 400 g/mol. The van der Waals surface area contributed by atoms with Gasteiger partial charge in [-0.3, -0.25) is 0 Å². The third-order valence-electron chi connectivity index (χ3n) is 2.96. The first-order valence-corrected chi connectivity index (χ1v) is 11.3. The van der Waals surface area contributed by atoms with Gasteiger partial charge in [0.25, 0.3) is 0 Å². The fourth-order valence-corrected chi connectivity index (χ4v) is 5.24. The fraction of sp³-hybridized carbons (Fsp3) is 0.312. The maximum absolute atomic E-state index is 12.8. The first-order chi connectivity index (χ1) is 11.3. The number of thiophene rings is 1. The lowest BCUT2D eigenvalue weighted by atomic mass is 10.2. The van der Waals surface area contributed by atoms with Crippen LogP contribution >= 0.6 is 11.3 Å². The zero-order valence-electron chi connectivity index (χ0n) is 14.1. The van der Waals surface area contributed by atoms with Crippen LogP contribution in [0.4, 0.5) is 5.00 Å². The molecule has 134 valence electrons. The SMILES string of the molecule is [C-]#[N+]c1ccc(S(=O)(=O)c2cc(OC(C)(C)C)cc(S(C)(=O)=O)c2)s1. The van der Waals surface area contributed by atoms with Crippen molar-refractivity contribution in [2.75, 3.05) is 6.26 Å². The molecule has 6 nitrogen and oxygen atoms in total. The molecule has 0 atom stereocenters. The van der Waals surface area contributed by atoms with Gasteiger partial charge in [-0.1, -0.05) is 0 Å². The van der Waals surface area contributed by atoms with Crippen LogP contribution in [0.5, 0.6) is 5.75 Å². The van der Waals surface area contributed by atoms with Gasteiger partial charge in [0, 0.05) is 6.26 Å². The van der Waals surface area contributed by atoms with Crippen LogP contribution < -0.4 is 4.74 Å². The number of rotatable bonds is 4. The molecule has 0 unspecified atom stereocenters. The van der Waals surface area contributed by atoms with Crippen molar-refractivity contribution < 1.29 is 21.6 Å². The molecular formula is C16H17NO5S3. The number of nitrogens with zero attached hydrogens (tertiary/aromatic N) is 1. The Balaban J connectivity index is 2.67. The normalized spacial score (nSPS) is 12.6. The Kier molecular flexibility index (Phi) is 5.01. The summed E-state index contributed by atoms with van der Waals surface area (Å²) >= 11 is 0.835. The summed E-state index contributed by atoms with van der Waals surface area (Å²) in [6.45, 7) is 12.3. The first-order valence-electron chi connectivity index (χ1n) is 7.09. The summed E-state index contributed by atoms with van der Waals surface area (Å²) < 4.78 is 55.1. The van der Waals surface area contributed by atoms with Gasteiger partial charge in [0.2, 0.25) is 14.8 Å². The Hall–Kier alpha value is -1.89. The van der Waals surface area contributed by atoms with E-state index in [1.54, 1.807) is 20.8 Å². The number of ether oxygens (including phenoxy) is 1. The Morgan fingerprint density at radius 2 is 1.64 bits per heavy atom. The molecule has 9 heteroatoms. The van der Waals surface area contributed by atoms with E-state index in [2.05, 4.69) is 4.85 Å². The molecule has 1 heterocycles. The van der Waals surface area contributed by atoms with E-state index in [0.29, 0.717) is 0 Å². The molecular weight excluding hydrogens is 382 g/mol. The van der Waals surface area contributed by atoms with Crippen LogP contribution in [-0.4, -0.2) is 28.7 Å². The van der Waals surface area contributed by atoms with Crippen molar-refractivity contribution in [2.45, 2.75) is 40.4 Å². The second kappa shape index (κ2) is 6.44. The minimum atomic E-state index is -3.96. The highest BCUT2D eigenvalue weighted by Crippen LogP contribution is 2.35. The van der Waals surface area contributed by atoms with Crippen molar-refractivity contribution in [1.82, 2.24) is 0 Å². The maximum atomic E-state index is 12.8. The zero-order chi connectivity index (χ0) is 19.0. The molecule has 0 aliphatic rings. The van der Waals surface area contributed by atoms with Gasteiger partial charge >= 0.3 is 0 Å². The Bertz CT molecular complexity index is 1050. The molecule has 0 radical (unpaired) electrons. The number of benzene rings is 1. The van der Waals surface area contributed by atoms with E-state index >= 15 is 0 Å². The van der Waals surface area contributed by atoms with Crippen molar-refractivity contribution in [3.8, 4) is 5.75 Å². The molecule has 0 saturated heterocycles. The van der Waals surface area contributed by atoms with Crippen molar-refractivity contribution in [3.05, 3.63) is 41.7 Å². The van der Waals surface area contributed by atoms with E-state index in [4.69, 9.17) is 11.3 Å². The van der Waals surface area contributed by atoms with Gasteiger partial charge < -0.3 is 4.74 Å². The largest absolute Gasteiger partial charge is 0.488 e. The van der Waals surface area contributed by atoms with E-state index in [0.717, 1.165) is 23.7 Å². The molecule has 0 aliphatic carbocycles. The third-order valence-corrected chi connectivity index (χ3v) is 7.25. The first kappa shape index (κ1) is 19.4. The van der Waals surface area contributed by atoms with Crippen molar-refractivity contribution in [1.29, 1.82) is 0 Å². The topological polar surface area (TPSA) is 81.9 Å². The molecule has 0 bridgehead atoms. The molecule has 0 fully saturated rings. The summed E-state index contributed by atoms with van der Waals surface area (Å²) in [7, 11) is -7.59. The van der Waals surface area contributed by atoms with Gasteiger partial charge in [-0.05, 0) is 51.1 Å². The van der Waals surface area contributed by atoms with Gasteiger partial charge in [0.1, 0.15) is 15.6 Å². The van der Waals surface area contributed by atoms with Gasteiger partial charge in [-0.15, -0.1) is 11.3 Å². The number of hydrogen-bond acceptors (Lipinski definition) is 6. The van der Waals surface area contributed by atoms with E-state index < -0.39 is 25.3 Å². The van der Waals surface area contributed by atoms with Crippen LogP contribution in [0.15, 0.2) is 44.3 Å². The summed E-state index contributed by atoms with van der Waals surface area (Å²) in [5.41, 5.74) is -0.628. The Morgan fingerprint density at radius 3 is 2.12 bits per heavy atom. The standard InChI is InChI=1S/C16H17NO5S3/c1-16(2,3)22-11-8-12(24(5,18)19)10-13(9-11)25(20,21)15-7-6-14(17-4)23-15/h6-10H,1-3,5H3. The number of hydrogen-bond donors (Lipinski definition) is 0. The molecule has 1 aromatic carbocycles. The molecule has 25 heavy (non-hydrogen) atoms. The predicted molar refractivity (Wildman–Crippen MR) is 96.0 cm³/mol. The molecule has 0 N–H and O–H groups in total. The van der Waals surface area contributed by atoms with E-state index in [1.807, 2.05) is 0 Å². The Morgan fingerprint density at radius 1 is 1.04 bits per heavy atom. The lowest BCUT2D eigenvalue weighted by Crippen LogP contribution is -2.23. The van der Waals surface area contributed by atoms with Crippen LogP contribution in [0.2, 0.25) is 0 Å². The maximum Gasteiger partial charge on any atom is 0.242 e. The van der Waals surface area contributed by atoms with Crippen LogP contribution in [-0.2, 0) is 19.7 Å². The monoisotopic (exact) mass is 399 g/mol. The van der Waals surface area contributed by atoms with Gasteiger partial charge in [-0.25, -0.2) is 21.7 Å². The van der Waals surface area contributed by atoms with Crippen LogP contribution in [0.25, 0.3) is 4.85 Å². The molecule has 0 saturated carbocycles. The van der Waals surface area contributed by atoms with E-state index in [-0.39, 0.29) is 24.8 Å². The second-order valence-corrected chi connectivity index (χ2v) is 11.6. The van der Waals surface area contributed by atoms with Crippen molar-refractivity contribution in [2.24, 2.45) is 0 Å². The second-order valence-electron chi connectivity index (χ2n) is 6.33. The summed E-state index contributed by atoms with van der Waals surface area (Å²) in [4.78, 5) is 2.87. The lowest BCUT2D eigenvalue weighted by molar-refractivity contribution is 0.130.